The molecule has 190 valence electrons. The molecule has 0 aromatic heterocycles. The number of carbonyl (C=O) groups excluding carboxylic acids is 2. The predicted octanol–water partition coefficient (Wildman–Crippen LogP) is 5.20. The van der Waals surface area contributed by atoms with Crippen LogP contribution in [0.4, 0.5) is 18.9 Å². The van der Waals surface area contributed by atoms with Gasteiger partial charge in [0.05, 0.1) is 10.0 Å². The summed E-state index contributed by atoms with van der Waals surface area (Å²) in [5.41, 5.74) is 8.03. The minimum atomic E-state index is -5.08. The second kappa shape index (κ2) is 12.9. The molecule has 0 saturated carbocycles. The third kappa shape index (κ3) is 8.56. The Morgan fingerprint density at radius 3 is 2.11 bits per heavy atom. The van der Waals surface area contributed by atoms with Gasteiger partial charge in [0.15, 0.2) is 0 Å². The van der Waals surface area contributed by atoms with Gasteiger partial charge in [-0.1, -0.05) is 65.7 Å². The second-order valence-electron chi connectivity index (χ2n) is 7.14. The summed E-state index contributed by atoms with van der Waals surface area (Å²) < 4.78 is 31.7. The van der Waals surface area contributed by atoms with Crippen LogP contribution in [0, 0.1) is 0 Å². The third-order valence-electron chi connectivity index (χ3n) is 4.53. The highest BCUT2D eigenvalue weighted by atomic mass is 35.5. The molecule has 1 atom stereocenters. The summed E-state index contributed by atoms with van der Waals surface area (Å²) in [4.78, 5) is 34.7. The molecule has 7 nitrogen and oxygen atoms in total. The van der Waals surface area contributed by atoms with E-state index < -0.39 is 24.1 Å². The van der Waals surface area contributed by atoms with Gasteiger partial charge >= 0.3 is 12.1 Å². The van der Waals surface area contributed by atoms with Crippen LogP contribution in [0.3, 0.4) is 0 Å². The molecule has 0 aliphatic rings. The molecule has 3 aromatic rings. The Kier molecular flexibility index (Phi) is 10.3. The van der Waals surface area contributed by atoms with Gasteiger partial charge in [-0.25, -0.2) is 4.79 Å². The number of aliphatic carboxylic acids is 1. The Balaban J connectivity index is 0.000000572. The summed E-state index contributed by atoms with van der Waals surface area (Å²) in [5, 5.41) is 13.4. The van der Waals surface area contributed by atoms with E-state index in [9.17, 15) is 22.8 Å². The van der Waals surface area contributed by atoms with E-state index in [0.29, 0.717) is 33.4 Å². The molecule has 2 amide bonds. The monoisotopic (exact) mass is 541 g/mol. The number of nitrogens with two attached hydrogens (primary N) is 1. The quantitative estimate of drug-likeness (QED) is 0.342. The summed E-state index contributed by atoms with van der Waals surface area (Å²) in [6, 6.07) is 19.8. The van der Waals surface area contributed by atoms with Gasteiger partial charge in [-0.3, -0.25) is 9.59 Å². The fraction of sp³-hybridized carbons (Fsp3) is 0.125. The van der Waals surface area contributed by atoms with Gasteiger partial charge in [0.2, 0.25) is 0 Å². The van der Waals surface area contributed by atoms with Gasteiger partial charge in [-0.05, 0) is 41.5 Å². The maximum Gasteiger partial charge on any atom is 0.490 e. The number of nitrogens with one attached hydrogen (secondary N) is 2. The first kappa shape index (κ1) is 28.6. The van der Waals surface area contributed by atoms with Crippen LogP contribution in [-0.2, 0) is 16.1 Å². The number of amides is 2. The van der Waals surface area contributed by atoms with E-state index >= 15 is 0 Å². The van der Waals surface area contributed by atoms with Crippen molar-refractivity contribution in [1.82, 2.24) is 5.32 Å². The average Bonchev–Trinajstić information content (AvgIpc) is 2.85. The van der Waals surface area contributed by atoms with Crippen LogP contribution in [0.5, 0.6) is 0 Å². The summed E-state index contributed by atoms with van der Waals surface area (Å²) in [5.74, 6) is -3.54. The number of rotatable bonds is 6. The van der Waals surface area contributed by atoms with Gasteiger partial charge in [-0.2, -0.15) is 13.2 Å². The van der Waals surface area contributed by atoms with E-state index in [1.807, 2.05) is 12.1 Å². The van der Waals surface area contributed by atoms with Crippen molar-refractivity contribution < 1.29 is 32.7 Å². The zero-order valence-corrected chi connectivity index (χ0v) is 19.9. The third-order valence-corrected chi connectivity index (χ3v) is 5.26. The van der Waals surface area contributed by atoms with Gasteiger partial charge in [0.25, 0.3) is 11.8 Å². The summed E-state index contributed by atoms with van der Waals surface area (Å²) in [6.07, 6.45) is -5.08. The lowest BCUT2D eigenvalue weighted by Gasteiger charge is -2.19. The molecule has 12 heteroatoms. The predicted molar refractivity (Wildman–Crippen MR) is 130 cm³/mol. The Morgan fingerprint density at radius 1 is 0.917 bits per heavy atom. The highest BCUT2D eigenvalue weighted by molar-refractivity contribution is 6.42. The van der Waals surface area contributed by atoms with E-state index in [1.165, 1.54) is 0 Å². The van der Waals surface area contributed by atoms with E-state index in [0.717, 1.165) is 5.56 Å². The minimum absolute atomic E-state index is 0.320. The van der Waals surface area contributed by atoms with Crippen molar-refractivity contribution in [2.45, 2.75) is 18.8 Å². The zero-order chi connectivity index (χ0) is 26.9. The van der Waals surface area contributed by atoms with Crippen LogP contribution >= 0.6 is 23.2 Å². The number of anilines is 1. The number of carboxylic acid groups (broad SMARTS) is 1. The summed E-state index contributed by atoms with van der Waals surface area (Å²) in [7, 11) is 0. The molecule has 0 aliphatic carbocycles. The molecule has 0 spiro atoms. The maximum atomic E-state index is 13.0. The Bertz CT molecular complexity index is 1220. The van der Waals surface area contributed by atoms with Crippen LogP contribution < -0.4 is 16.4 Å². The van der Waals surface area contributed by atoms with Crippen molar-refractivity contribution in [3.05, 3.63) is 99.5 Å². The minimum Gasteiger partial charge on any atom is -0.475 e. The number of benzene rings is 3. The van der Waals surface area contributed by atoms with Crippen molar-refractivity contribution >= 4 is 46.7 Å². The molecule has 36 heavy (non-hydrogen) atoms. The SMILES string of the molecule is NCc1cccc(C(=O)NC(C(=O)Nc2ccc(Cl)c(Cl)c2)c2ccccc2)c1.O=C(O)C(F)(F)F. The molecule has 3 aromatic carbocycles. The summed E-state index contributed by atoms with van der Waals surface area (Å²) >= 11 is 12.0. The van der Waals surface area contributed by atoms with E-state index in [2.05, 4.69) is 10.6 Å². The molecule has 0 bridgehead atoms. The number of hydrogen-bond donors (Lipinski definition) is 4. The topological polar surface area (TPSA) is 122 Å². The normalized spacial score (nSPS) is 11.5. The Morgan fingerprint density at radius 2 is 1.56 bits per heavy atom. The molecule has 5 N–H and O–H groups in total. The molecular weight excluding hydrogens is 522 g/mol. The van der Waals surface area contributed by atoms with Crippen LogP contribution in [-0.4, -0.2) is 29.1 Å². The van der Waals surface area contributed by atoms with Crippen molar-refractivity contribution in [1.29, 1.82) is 0 Å². The van der Waals surface area contributed by atoms with Crippen molar-refractivity contribution in [3.8, 4) is 0 Å². The number of hydrogen-bond acceptors (Lipinski definition) is 4. The maximum absolute atomic E-state index is 13.0. The van der Waals surface area contributed by atoms with Gasteiger partial charge in [0.1, 0.15) is 6.04 Å². The Labute approximate surface area is 214 Å². The molecule has 1 unspecified atom stereocenters. The first-order valence-electron chi connectivity index (χ1n) is 10.1. The number of alkyl halides is 3. The van der Waals surface area contributed by atoms with Crippen molar-refractivity contribution in [2.75, 3.05) is 5.32 Å². The highest BCUT2D eigenvalue weighted by Gasteiger charge is 2.38. The fourth-order valence-electron chi connectivity index (χ4n) is 2.79. The first-order chi connectivity index (χ1) is 16.9. The van der Waals surface area contributed by atoms with Gasteiger partial charge in [-0.15, -0.1) is 0 Å². The average molecular weight is 542 g/mol. The van der Waals surface area contributed by atoms with Gasteiger partial charge < -0.3 is 21.5 Å². The largest absolute Gasteiger partial charge is 0.490 e. The van der Waals surface area contributed by atoms with Crippen LogP contribution in [0.15, 0.2) is 72.8 Å². The molecule has 0 saturated heterocycles. The first-order valence-corrected chi connectivity index (χ1v) is 10.9. The van der Waals surface area contributed by atoms with Crippen LogP contribution in [0.25, 0.3) is 0 Å². The van der Waals surface area contributed by atoms with Crippen LogP contribution in [0.1, 0.15) is 27.5 Å². The zero-order valence-electron chi connectivity index (χ0n) is 18.4. The number of carbonyl (C=O) groups is 3. The fourth-order valence-corrected chi connectivity index (χ4v) is 3.09. The van der Waals surface area contributed by atoms with Crippen LogP contribution in [0.2, 0.25) is 10.0 Å². The molecule has 0 aliphatic heterocycles. The van der Waals surface area contributed by atoms with Crippen molar-refractivity contribution in [2.24, 2.45) is 5.73 Å². The van der Waals surface area contributed by atoms with E-state index in [-0.39, 0.29) is 5.91 Å². The molecule has 0 heterocycles. The lowest BCUT2D eigenvalue weighted by atomic mass is 10.0. The second-order valence-corrected chi connectivity index (χ2v) is 7.96. The lowest BCUT2D eigenvalue weighted by Crippen LogP contribution is -2.37. The van der Waals surface area contributed by atoms with E-state index in [1.54, 1.807) is 60.7 Å². The smallest absolute Gasteiger partial charge is 0.475 e. The van der Waals surface area contributed by atoms with Gasteiger partial charge in [0, 0.05) is 17.8 Å². The Hall–Kier alpha value is -3.60. The number of halogens is 5. The van der Waals surface area contributed by atoms with Crippen molar-refractivity contribution in [3.63, 3.8) is 0 Å². The number of carboxylic acids is 1. The molecule has 0 fully saturated rings. The standard InChI is InChI=1S/C22H19Cl2N3O2.C2HF3O2/c23-18-10-9-17(12-19(18)24)26-22(29)20(15-6-2-1-3-7-15)27-21(28)16-8-4-5-14(11-16)13-25;3-2(4,5)1(6)7/h1-12,20H,13,25H2,(H,26,29)(H,27,28);(H,6,7). The summed E-state index contributed by atoms with van der Waals surface area (Å²) in [6.45, 7) is 0.320. The lowest BCUT2D eigenvalue weighted by molar-refractivity contribution is -0.192. The molecular formula is C24H20Cl2F3N3O4. The van der Waals surface area contributed by atoms with E-state index in [4.69, 9.17) is 38.8 Å². The molecule has 3 rings (SSSR count). The molecule has 0 radical (unpaired) electrons. The highest BCUT2D eigenvalue weighted by Crippen LogP contribution is 2.26.